The zero-order chi connectivity index (χ0) is 15.7. The molecule has 4 N–H and O–H groups in total. The summed E-state index contributed by atoms with van der Waals surface area (Å²) < 4.78 is 5.58. The number of benzene rings is 1. The first-order valence-corrected chi connectivity index (χ1v) is 7.03. The molecule has 1 aromatic carbocycles. The number of ether oxygens (including phenoxy) is 1. The second kappa shape index (κ2) is 8.84. The molecule has 21 heavy (non-hydrogen) atoms. The van der Waals surface area contributed by atoms with E-state index in [-0.39, 0.29) is 5.91 Å². The molecule has 0 heterocycles. The van der Waals surface area contributed by atoms with Crippen molar-refractivity contribution in [1.29, 1.82) is 0 Å². The van der Waals surface area contributed by atoms with Crippen molar-refractivity contribution in [1.82, 2.24) is 10.6 Å². The summed E-state index contributed by atoms with van der Waals surface area (Å²) in [6.45, 7) is 4.74. The fraction of sp³-hybridized carbons (Fsp3) is 0.467. The van der Waals surface area contributed by atoms with E-state index in [9.17, 15) is 9.59 Å². The van der Waals surface area contributed by atoms with E-state index in [2.05, 4.69) is 10.6 Å². The highest BCUT2D eigenvalue weighted by Crippen LogP contribution is 2.14. The SMILES string of the molecule is Cc1cccc(OC(C)C(=O)NCCCCNC(N)=O)c1. The van der Waals surface area contributed by atoms with Gasteiger partial charge in [0.05, 0.1) is 0 Å². The standard InChI is InChI=1S/C15H23N3O3/c1-11-6-5-7-13(10-11)21-12(2)14(19)17-8-3-4-9-18-15(16)20/h5-7,10,12H,3-4,8-9H2,1-2H3,(H,17,19)(H3,16,18,20). The Hall–Kier alpha value is -2.24. The Morgan fingerprint density at radius 3 is 2.52 bits per heavy atom. The molecule has 1 aromatic rings. The van der Waals surface area contributed by atoms with E-state index in [4.69, 9.17) is 10.5 Å². The van der Waals surface area contributed by atoms with Gasteiger partial charge < -0.3 is 21.1 Å². The average molecular weight is 293 g/mol. The molecule has 6 nitrogen and oxygen atoms in total. The molecule has 0 aliphatic heterocycles. The predicted molar refractivity (Wildman–Crippen MR) is 81.1 cm³/mol. The molecule has 1 atom stereocenters. The minimum atomic E-state index is -0.546. The van der Waals surface area contributed by atoms with Crippen LogP contribution in [0.1, 0.15) is 25.3 Å². The number of hydrogen-bond acceptors (Lipinski definition) is 3. The summed E-state index contributed by atoms with van der Waals surface area (Å²) in [4.78, 5) is 22.3. The van der Waals surface area contributed by atoms with Crippen LogP contribution in [0.15, 0.2) is 24.3 Å². The molecule has 0 saturated carbocycles. The monoisotopic (exact) mass is 293 g/mol. The van der Waals surface area contributed by atoms with Crippen LogP contribution in [-0.4, -0.2) is 31.1 Å². The first kappa shape index (κ1) is 16.8. The minimum Gasteiger partial charge on any atom is -0.481 e. The van der Waals surface area contributed by atoms with E-state index in [1.54, 1.807) is 6.92 Å². The number of hydrogen-bond donors (Lipinski definition) is 3. The zero-order valence-corrected chi connectivity index (χ0v) is 12.5. The van der Waals surface area contributed by atoms with E-state index >= 15 is 0 Å². The second-order valence-electron chi connectivity index (χ2n) is 4.87. The third kappa shape index (κ3) is 7.20. The molecule has 0 aliphatic carbocycles. The Balaban J connectivity index is 2.21. The van der Waals surface area contributed by atoms with Gasteiger partial charge in [0.2, 0.25) is 0 Å². The number of rotatable bonds is 8. The van der Waals surface area contributed by atoms with Crippen LogP contribution in [0.25, 0.3) is 0 Å². The lowest BCUT2D eigenvalue weighted by molar-refractivity contribution is -0.127. The third-order valence-electron chi connectivity index (χ3n) is 2.87. The number of amides is 3. The number of unbranched alkanes of at least 4 members (excludes halogenated alkanes) is 1. The van der Waals surface area contributed by atoms with Crippen molar-refractivity contribution < 1.29 is 14.3 Å². The lowest BCUT2D eigenvalue weighted by Crippen LogP contribution is -2.37. The van der Waals surface area contributed by atoms with Gasteiger partial charge in [-0.2, -0.15) is 0 Å². The van der Waals surface area contributed by atoms with Crippen LogP contribution in [0.4, 0.5) is 4.79 Å². The van der Waals surface area contributed by atoms with Crippen molar-refractivity contribution >= 4 is 11.9 Å². The van der Waals surface area contributed by atoms with Crippen LogP contribution in [0.3, 0.4) is 0 Å². The summed E-state index contributed by atoms with van der Waals surface area (Å²) in [5.41, 5.74) is 6.03. The molecule has 1 rings (SSSR count). The van der Waals surface area contributed by atoms with Crippen LogP contribution in [-0.2, 0) is 4.79 Å². The number of carbonyl (C=O) groups excluding carboxylic acids is 2. The normalized spacial score (nSPS) is 11.5. The molecule has 6 heteroatoms. The zero-order valence-electron chi connectivity index (χ0n) is 12.5. The van der Waals surface area contributed by atoms with Gasteiger partial charge in [-0.3, -0.25) is 4.79 Å². The molecular formula is C15H23N3O3. The first-order valence-electron chi connectivity index (χ1n) is 7.03. The van der Waals surface area contributed by atoms with Crippen LogP contribution < -0.4 is 21.1 Å². The van der Waals surface area contributed by atoms with Gasteiger partial charge in [-0.1, -0.05) is 12.1 Å². The number of carbonyl (C=O) groups is 2. The van der Waals surface area contributed by atoms with Gasteiger partial charge in [0.25, 0.3) is 5.91 Å². The Labute approximate surface area is 125 Å². The summed E-state index contributed by atoms with van der Waals surface area (Å²) >= 11 is 0. The van der Waals surface area contributed by atoms with Gasteiger partial charge in [0.1, 0.15) is 5.75 Å². The van der Waals surface area contributed by atoms with Gasteiger partial charge in [0.15, 0.2) is 6.10 Å². The Morgan fingerprint density at radius 2 is 1.90 bits per heavy atom. The molecule has 0 aromatic heterocycles. The number of primary amides is 1. The maximum atomic E-state index is 11.8. The van der Waals surface area contributed by atoms with Crippen LogP contribution >= 0.6 is 0 Å². The summed E-state index contributed by atoms with van der Waals surface area (Å²) in [6.07, 6.45) is 0.982. The largest absolute Gasteiger partial charge is 0.481 e. The molecule has 1 unspecified atom stereocenters. The highest BCUT2D eigenvalue weighted by atomic mass is 16.5. The van der Waals surface area contributed by atoms with E-state index in [0.717, 1.165) is 18.4 Å². The average Bonchev–Trinajstić information content (AvgIpc) is 2.42. The molecule has 3 amide bonds. The number of urea groups is 1. The maximum absolute atomic E-state index is 11.8. The molecule has 0 aliphatic rings. The Kier molecular flexibility index (Phi) is 7.08. The fourth-order valence-electron chi connectivity index (χ4n) is 1.76. The number of nitrogens with two attached hydrogens (primary N) is 1. The van der Waals surface area contributed by atoms with Crippen molar-refractivity contribution in [2.24, 2.45) is 5.73 Å². The van der Waals surface area contributed by atoms with Crippen molar-refractivity contribution in [3.8, 4) is 5.75 Å². The quantitative estimate of drug-likeness (QED) is 0.631. The highest BCUT2D eigenvalue weighted by molar-refractivity contribution is 5.80. The summed E-state index contributed by atoms with van der Waals surface area (Å²) in [7, 11) is 0. The predicted octanol–water partition coefficient (Wildman–Crippen LogP) is 1.33. The van der Waals surface area contributed by atoms with E-state index in [1.165, 1.54) is 0 Å². The number of aryl methyl sites for hydroxylation is 1. The molecule has 116 valence electrons. The van der Waals surface area contributed by atoms with Crippen molar-refractivity contribution in [3.05, 3.63) is 29.8 Å². The molecule has 0 radical (unpaired) electrons. The van der Waals surface area contributed by atoms with Crippen LogP contribution in [0.5, 0.6) is 5.75 Å². The molecule has 0 fully saturated rings. The summed E-state index contributed by atoms with van der Waals surface area (Å²) in [5.74, 6) is 0.530. The summed E-state index contributed by atoms with van der Waals surface area (Å²) in [5, 5.41) is 5.29. The maximum Gasteiger partial charge on any atom is 0.312 e. The Morgan fingerprint density at radius 1 is 1.24 bits per heavy atom. The van der Waals surface area contributed by atoms with Gasteiger partial charge in [-0.15, -0.1) is 0 Å². The number of nitrogens with one attached hydrogen (secondary N) is 2. The smallest absolute Gasteiger partial charge is 0.312 e. The first-order chi connectivity index (χ1) is 9.99. The highest BCUT2D eigenvalue weighted by Gasteiger charge is 2.13. The van der Waals surface area contributed by atoms with Gasteiger partial charge in [0, 0.05) is 13.1 Å². The van der Waals surface area contributed by atoms with E-state index < -0.39 is 12.1 Å². The molecule has 0 bridgehead atoms. The lowest BCUT2D eigenvalue weighted by Gasteiger charge is -2.15. The van der Waals surface area contributed by atoms with Crippen molar-refractivity contribution in [3.63, 3.8) is 0 Å². The topological polar surface area (TPSA) is 93.4 Å². The fourth-order valence-corrected chi connectivity index (χ4v) is 1.76. The second-order valence-corrected chi connectivity index (χ2v) is 4.87. The van der Waals surface area contributed by atoms with Crippen LogP contribution in [0, 0.1) is 6.92 Å². The Bertz CT molecular complexity index is 477. The summed E-state index contributed by atoms with van der Waals surface area (Å²) in [6, 6.07) is 7.05. The van der Waals surface area contributed by atoms with Crippen molar-refractivity contribution in [2.45, 2.75) is 32.8 Å². The molecular weight excluding hydrogens is 270 g/mol. The molecule has 0 saturated heterocycles. The third-order valence-corrected chi connectivity index (χ3v) is 2.87. The van der Waals surface area contributed by atoms with Crippen molar-refractivity contribution in [2.75, 3.05) is 13.1 Å². The van der Waals surface area contributed by atoms with E-state index in [0.29, 0.717) is 18.8 Å². The van der Waals surface area contributed by atoms with Gasteiger partial charge in [-0.25, -0.2) is 4.79 Å². The van der Waals surface area contributed by atoms with E-state index in [1.807, 2.05) is 31.2 Å². The van der Waals surface area contributed by atoms with Crippen LogP contribution in [0.2, 0.25) is 0 Å². The lowest BCUT2D eigenvalue weighted by atomic mass is 10.2. The van der Waals surface area contributed by atoms with Gasteiger partial charge in [-0.05, 0) is 44.4 Å². The molecule has 0 spiro atoms. The minimum absolute atomic E-state index is 0.153. The van der Waals surface area contributed by atoms with Gasteiger partial charge >= 0.3 is 6.03 Å².